The molecule has 0 unspecified atom stereocenters. The molecule has 0 spiro atoms. The molecular weight excluding hydrogens is 680 g/mol. The van der Waals surface area contributed by atoms with Crippen molar-refractivity contribution < 1.29 is 39.3 Å². The van der Waals surface area contributed by atoms with Crippen LogP contribution < -0.4 is 15.9 Å². The van der Waals surface area contributed by atoms with Crippen LogP contribution in [-0.4, -0.2) is 19.5 Å². The maximum atomic E-state index is 9.93. The van der Waals surface area contributed by atoms with E-state index < -0.39 is 27.4 Å². The number of hydrogen-bond donors (Lipinski definition) is 0. The Labute approximate surface area is 172 Å². The number of halogens is 6. The summed E-state index contributed by atoms with van der Waals surface area (Å²) in [6, 6.07) is 32.3. The summed E-state index contributed by atoms with van der Waals surface area (Å²) >= 11 is -11.2. The molecule has 0 heterocycles. The Kier molecular flexibility index (Phi) is 7.83. The molecule has 0 saturated carbocycles. The first-order chi connectivity index (χ1) is 11.9. The van der Waals surface area contributed by atoms with Crippen LogP contribution in [0.4, 0.5) is 16.9 Å². The van der Waals surface area contributed by atoms with E-state index in [1.165, 1.54) is 15.9 Å². The van der Waals surface area contributed by atoms with Crippen LogP contribution >= 0.6 is 7.92 Å². The van der Waals surface area contributed by atoms with E-state index in [2.05, 4.69) is 91.0 Å². The second-order valence-corrected chi connectivity index (χ2v) is 13.0. The van der Waals surface area contributed by atoms with Crippen LogP contribution in [0.3, 0.4) is 0 Å². The van der Waals surface area contributed by atoms with Crippen LogP contribution in [0.1, 0.15) is 0 Å². The summed E-state index contributed by atoms with van der Waals surface area (Å²) in [6.07, 6.45) is 0. The van der Waals surface area contributed by atoms with Gasteiger partial charge >= 0.3 is 58.7 Å². The average molecular weight is 695 g/mol. The van der Waals surface area contributed by atoms with Gasteiger partial charge in [-0.05, 0) is 23.8 Å². The van der Waals surface area contributed by atoms with Gasteiger partial charge in [-0.2, -0.15) is 0 Å². The second kappa shape index (κ2) is 8.71. The first-order valence-corrected chi connectivity index (χ1v) is 14.5. The van der Waals surface area contributed by atoms with Crippen LogP contribution in [0, 0.1) is 0 Å². The average Bonchev–Trinajstić information content (AvgIpc) is 2.55. The fraction of sp³-hybridized carbons (Fsp3) is 0. The topological polar surface area (TPSA) is 0 Å². The van der Waals surface area contributed by atoms with Crippen molar-refractivity contribution in [3.63, 3.8) is 0 Å². The standard InChI is InChI=1S/C18H15P.Au.6FH.Sb/c1-4-10-16(11-5-1)19(17-12-6-2-7-13-17)18-14-8-3-9-15-18;;;;;;;;/h1-15H;;6*1H;/q;+1;;;;;;;+5/p-6. The summed E-state index contributed by atoms with van der Waals surface area (Å²) in [6.45, 7) is 0. The molecule has 27 heavy (non-hydrogen) atoms. The fourth-order valence-corrected chi connectivity index (χ4v) is 4.48. The number of hydrogen-bond acceptors (Lipinski definition) is 0. The monoisotopic (exact) mass is 694 g/mol. The first-order valence-electron chi connectivity index (χ1n) is 7.42. The van der Waals surface area contributed by atoms with E-state index >= 15 is 0 Å². The predicted octanol–water partition coefficient (Wildman–Crippen LogP) is 5.58. The minimum atomic E-state index is -11.2. The quantitative estimate of drug-likeness (QED) is 0.191. The molecule has 0 aliphatic rings. The third-order valence-corrected chi connectivity index (χ3v) is 5.49. The molecule has 9 heteroatoms. The van der Waals surface area contributed by atoms with E-state index in [9.17, 15) is 16.9 Å². The maximum absolute atomic E-state index is 11.2. The van der Waals surface area contributed by atoms with E-state index in [1.54, 1.807) is 0 Å². The molecule has 0 fully saturated rings. The van der Waals surface area contributed by atoms with Gasteiger partial charge in [-0.3, -0.25) is 0 Å². The molecule has 3 aromatic carbocycles. The Bertz CT molecular complexity index is 722. The van der Waals surface area contributed by atoms with E-state index in [4.69, 9.17) is 0 Å². The molecule has 150 valence electrons. The van der Waals surface area contributed by atoms with Gasteiger partial charge in [0.05, 0.1) is 0 Å². The molecule has 0 amide bonds. The molecule has 0 aliphatic heterocycles. The van der Waals surface area contributed by atoms with Gasteiger partial charge in [0.25, 0.3) is 0 Å². The van der Waals surface area contributed by atoms with Gasteiger partial charge in [0, 0.05) is 0 Å². The molecule has 0 N–H and O–H groups in total. The van der Waals surface area contributed by atoms with Crippen LogP contribution in [0.2, 0.25) is 0 Å². The summed E-state index contributed by atoms with van der Waals surface area (Å²) in [5.41, 5.74) is 0. The molecule has 3 aromatic rings. The normalized spacial score (nSPS) is 13.4. The van der Waals surface area contributed by atoms with Crippen LogP contribution in [0.15, 0.2) is 91.0 Å². The fourth-order valence-electron chi connectivity index (χ4n) is 2.18. The molecule has 0 bridgehead atoms. The number of benzene rings is 3. The molecule has 0 nitrogen and oxygen atoms in total. The Balaban J connectivity index is 0.000000395. The van der Waals surface area contributed by atoms with Crippen LogP contribution in [0.5, 0.6) is 0 Å². The van der Waals surface area contributed by atoms with E-state index in [1.807, 2.05) is 0 Å². The van der Waals surface area contributed by atoms with Gasteiger partial charge in [0.2, 0.25) is 0 Å². The molecular formula is C18H15AuF6PSb. The van der Waals surface area contributed by atoms with Gasteiger partial charge in [-0.25, -0.2) is 0 Å². The van der Waals surface area contributed by atoms with Crippen molar-refractivity contribution in [1.29, 1.82) is 0 Å². The molecule has 0 saturated heterocycles. The zero-order valence-corrected chi connectivity index (χ0v) is 19.2. The van der Waals surface area contributed by atoms with Gasteiger partial charge in [0.15, 0.2) is 0 Å². The summed E-state index contributed by atoms with van der Waals surface area (Å²) in [5.74, 6) is 0. The van der Waals surface area contributed by atoms with Crippen molar-refractivity contribution in [2.24, 2.45) is 0 Å². The van der Waals surface area contributed by atoms with Gasteiger partial charge in [-0.1, -0.05) is 91.0 Å². The van der Waals surface area contributed by atoms with Crippen molar-refractivity contribution in [3.8, 4) is 0 Å². The second-order valence-electron chi connectivity index (χ2n) is 5.30. The zero-order valence-electron chi connectivity index (χ0n) is 13.6. The third kappa shape index (κ3) is 11.0. The van der Waals surface area contributed by atoms with E-state index in [0.717, 1.165) is 0 Å². The third-order valence-electron chi connectivity index (χ3n) is 3.04. The van der Waals surface area contributed by atoms with Crippen molar-refractivity contribution in [3.05, 3.63) is 91.0 Å². The minimum Gasteiger partial charge on any atom is -0.0622 e. The van der Waals surface area contributed by atoms with Crippen molar-refractivity contribution in [1.82, 2.24) is 0 Å². The van der Waals surface area contributed by atoms with Crippen molar-refractivity contribution >= 4 is 43.3 Å². The van der Waals surface area contributed by atoms with Crippen LogP contribution in [-0.2, 0) is 22.4 Å². The summed E-state index contributed by atoms with van der Waals surface area (Å²) < 4.78 is 59.6. The van der Waals surface area contributed by atoms with E-state index in [-0.39, 0.29) is 22.4 Å². The Hall–Kier alpha value is -0.772. The SMILES string of the molecule is [Au+].[F][Sb-]([F])([F])([F])([F])[F].c1ccc(P(c2ccccc2)c2ccccc2)cc1. The molecule has 0 radical (unpaired) electrons. The van der Waals surface area contributed by atoms with Gasteiger partial charge in [0.1, 0.15) is 0 Å². The number of rotatable bonds is 3. The minimum absolute atomic E-state index is 0. The molecule has 3 rings (SSSR count). The largest absolute Gasteiger partial charge is 0.0622 e. The maximum Gasteiger partial charge on any atom is -0.0134 e. The Morgan fingerprint density at radius 1 is 0.444 bits per heavy atom. The van der Waals surface area contributed by atoms with Gasteiger partial charge < -0.3 is 0 Å². The Morgan fingerprint density at radius 2 is 0.630 bits per heavy atom. The summed E-state index contributed by atoms with van der Waals surface area (Å²) in [5, 5.41) is 4.19. The van der Waals surface area contributed by atoms with Crippen molar-refractivity contribution in [2.45, 2.75) is 0 Å². The van der Waals surface area contributed by atoms with E-state index in [0.29, 0.717) is 0 Å². The molecule has 0 aromatic heterocycles. The zero-order chi connectivity index (χ0) is 19.3. The van der Waals surface area contributed by atoms with Crippen LogP contribution in [0.25, 0.3) is 0 Å². The molecule has 0 aliphatic carbocycles. The summed E-state index contributed by atoms with van der Waals surface area (Å²) in [7, 11) is -0.446. The molecule has 0 atom stereocenters. The predicted molar refractivity (Wildman–Crippen MR) is 97.6 cm³/mol. The first kappa shape index (κ1) is 24.3. The van der Waals surface area contributed by atoms with Crippen molar-refractivity contribution in [2.75, 3.05) is 0 Å². The summed E-state index contributed by atoms with van der Waals surface area (Å²) in [4.78, 5) is 0. The smallest absolute Gasteiger partial charge is 0.0134 e. The van der Waals surface area contributed by atoms with Gasteiger partial charge in [-0.15, -0.1) is 0 Å². The Morgan fingerprint density at radius 3 is 0.815 bits per heavy atom.